The van der Waals surface area contributed by atoms with Crippen LogP contribution in [-0.4, -0.2) is 238 Å². The molecular weight excluding hydrogens is 1120 g/mol. The van der Waals surface area contributed by atoms with Gasteiger partial charge in [-0.25, -0.2) is 0 Å². The molecule has 0 aliphatic carbocycles. The Bertz CT molecular complexity index is 2520. The van der Waals surface area contributed by atoms with Gasteiger partial charge in [-0.05, 0) is 110 Å². The molecule has 5 N–H and O–H groups in total. The van der Waals surface area contributed by atoms with Crippen LogP contribution >= 0.6 is 0 Å². The maximum absolute atomic E-state index is 15.1. The normalized spacial score (nSPS) is 25.9. The van der Waals surface area contributed by atoms with Crippen LogP contribution in [-0.2, 0) is 63.9 Å². The van der Waals surface area contributed by atoms with Crippen LogP contribution in [0.2, 0.25) is 0 Å². The Morgan fingerprint density at radius 3 is 1.61 bits per heavy atom. The SMILES string of the molecule is CCCN1CC(=O)N(C)[C@@H](CC(C)C)C(=O)N[C@@H](COC(C)(C)C)C(=O)N(C)[C@@H](CC(C)C)C(=O)N[C@H](C(=O)N2CCCCC2)CC(=O)N[C@H](C)C(=O)N(C)[C@@H](C)C(=O)N(C)[C@@H](Cc2ccccc2)C(=O)N(C)[C@@H](CC(C)C)C(=O)N[C@@H]([C@@H](C)O)C1=O. The molecule has 10 atom stereocenters. The minimum atomic E-state index is -1.63. The smallest absolute Gasteiger partial charge is 0.248 e. The number of nitrogens with one attached hydrogen (secondary N) is 4. The van der Waals surface area contributed by atoms with Crippen molar-refractivity contribution in [1.29, 1.82) is 0 Å². The molecular formula is C63H105N11O13. The van der Waals surface area contributed by atoms with Crippen molar-refractivity contribution in [3.63, 3.8) is 0 Å². The molecule has 3 rings (SSSR count). The third kappa shape index (κ3) is 22.1. The molecule has 1 aromatic carbocycles. The van der Waals surface area contributed by atoms with E-state index in [2.05, 4.69) is 21.3 Å². The van der Waals surface area contributed by atoms with Crippen molar-refractivity contribution >= 4 is 65.0 Å². The Morgan fingerprint density at radius 1 is 0.609 bits per heavy atom. The Labute approximate surface area is 516 Å². The summed E-state index contributed by atoms with van der Waals surface area (Å²) in [4.78, 5) is 170. The number of likely N-dealkylation sites (N-methyl/N-ethyl adjacent to an activating group) is 5. The van der Waals surface area contributed by atoms with Gasteiger partial charge in [-0.2, -0.15) is 0 Å². The number of likely N-dealkylation sites (tertiary alicyclic amines) is 1. The first-order valence-corrected chi connectivity index (χ1v) is 31.0. The van der Waals surface area contributed by atoms with Crippen molar-refractivity contribution in [2.45, 2.75) is 214 Å². The maximum Gasteiger partial charge on any atom is 0.248 e. The summed E-state index contributed by atoms with van der Waals surface area (Å²) in [5, 5.41) is 22.2. The van der Waals surface area contributed by atoms with Crippen LogP contribution < -0.4 is 21.3 Å². The molecule has 87 heavy (non-hydrogen) atoms. The van der Waals surface area contributed by atoms with Gasteiger partial charge in [-0.1, -0.05) is 78.8 Å². The molecule has 0 radical (unpaired) electrons. The van der Waals surface area contributed by atoms with Crippen LogP contribution in [0, 0.1) is 17.8 Å². The van der Waals surface area contributed by atoms with Gasteiger partial charge in [-0.3, -0.25) is 52.7 Å². The minimum absolute atomic E-state index is 0.00976. The highest BCUT2D eigenvalue weighted by Gasteiger charge is 2.43. The number of hydrogen-bond acceptors (Lipinski definition) is 13. The largest absolute Gasteiger partial charge is 0.391 e. The van der Waals surface area contributed by atoms with Crippen LogP contribution in [0.15, 0.2) is 30.3 Å². The molecule has 2 heterocycles. The molecule has 1 aromatic rings. The van der Waals surface area contributed by atoms with E-state index < -0.39 is 144 Å². The number of nitrogens with zero attached hydrogens (tertiary/aromatic N) is 7. The van der Waals surface area contributed by atoms with Crippen LogP contribution in [0.4, 0.5) is 0 Å². The summed E-state index contributed by atoms with van der Waals surface area (Å²) in [5.74, 6) is -8.50. The zero-order valence-corrected chi connectivity index (χ0v) is 55.3. The van der Waals surface area contributed by atoms with Gasteiger partial charge in [-0.15, -0.1) is 0 Å². The van der Waals surface area contributed by atoms with Gasteiger partial charge in [0.25, 0.3) is 0 Å². The Hall–Kier alpha value is -6.69. The molecule has 11 amide bonds. The van der Waals surface area contributed by atoms with E-state index >= 15 is 4.79 Å². The van der Waals surface area contributed by atoms with Crippen molar-refractivity contribution in [2.24, 2.45) is 17.8 Å². The Balaban J connectivity index is 2.32. The molecule has 2 saturated heterocycles. The molecule has 24 heteroatoms. The average Bonchev–Trinajstić information content (AvgIpc) is 3.49. The lowest BCUT2D eigenvalue weighted by Crippen LogP contribution is -2.62. The second-order valence-corrected chi connectivity index (χ2v) is 26.0. The number of piperidine rings is 1. The summed E-state index contributed by atoms with van der Waals surface area (Å²) in [6, 6.07) is -3.15. The first-order chi connectivity index (χ1) is 40.5. The quantitative estimate of drug-likeness (QED) is 0.179. The topological polar surface area (TPSA) is 288 Å². The molecule has 24 nitrogen and oxygen atoms in total. The van der Waals surface area contributed by atoms with Gasteiger partial charge in [0.05, 0.1) is 31.3 Å². The molecule has 2 aliphatic rings. The van der Waals surface area contributed by atoms with Crippen molar-refractivity contribution < 1.29 is 62.6 Å². The molecule has 0 saturated carbocycles. The summed E-state index contributed by atoms with van der Waals surface area (Å²) in [6.07, 6.45) is 0.699. The van der Waals surface area contributed by atoms with E-state index in [0.29, 0.717) is 37.9 Å². The van der Waals surface area contributed by atoms with Gasteiger partial charge in [0, 0.05) is 61.3 Å². The van der Waals surface area contributed by atoms with Crippen molar-refractivity contribution in [1.82, 2.24) is 55.6 Å². The van der Waals surface area contributed by atoms with Gasteiger partial charge in [0.15, 0.2) is 0 Å². The number of aliphatic hydroxyl groups is 1. The van der Waals surface area contributed by atoms with E-state index in [1.165, 1.54) is 80.5 Å². The third-order valence-corrected chi connectivity index (χ3v) is 16.0. The van der Waals surface area contributed by atoms with Crippen LogP contribution in [0.1, 0.15) is 147 Å². The first-order valence-electron chi connectivity index (χ1n) is 31.0. The van der Waals surface area contributed by atoms with Gasteiger partial charge >= 0.3 is 0 Å². The number of hydrogen-bond donors (Lipinski definition) is 5. The van der Waals surface area contributed by atoms with Crippen LogP contribution in [0.25, 0.3) is 0 Å². The predicted molar refractivity (Wildman–Crippen MR) is 330 cm³/mol. The number of aliphatic hydroxyl groups excluding tert-OH is 1. The number of carbonyl (C=O) groups excluding carboxylic acids is 11. The number of amides is 11. The van der Waals surface area contributed by atoms with Crippen LogP contribution in [0.5, 0.6) is 0 Å². The van der Waals surface area contributed by atoms with Gasteiger partial charge in [0.1, 0.15) is 54.4 Å². The fourth-order valence-corrected chi connectivity index (χ4v) is 10.7. The molecule has 0 spiro atoms. The molecule has 490 valence electrons. The van der Waals surface area contributed by atoms with E-state index in [4.69, 9.17) is 4.74 Å². The number of benzene rings is 1. The second kappa shape index (κ2) is 34.2. The highest BCUT2D eigenvalue weighted by atomic mass is 16.5. The van der Waals surface area contributed by atoms with E-state index in [0.717, 1.165) is 11.3 Å². The summed E-state index contributed by atoms with van der Waals surface area (Å²) >= 11 is 0. The number of carbonyl (C=O) groups is 11. The van der Waals surface area contributed by atoms with E-state index in [1.54, 1.807) is 62.9 Å². The summed E-state index contributed by atoms with van der Waals surface area (Å²) in [6.45, 7) is 22.0. The molecule has 2 fully saturated rings. The molecule has 0 bridgehead atoms. The molecule has 0 unspecified atom stereocenters. The molecule has 0 aromatic heterocycles. The Morgan fingerprint density at radius 2 is 1.10 bits per heavy atom. The molecule has 2 aliphatic heterocycles. The Kier molecular flexibility index (Phi) is 29.3. The van der Waals surface area contributed by atoms with Crippen molar-refractivity contribution in [3.05, 3.63) is 35.9 Å². The minimum Gasteiger partial charge on any atom is -0.391 e. The third-order valence-electron chi connectivity index (χ3n) is 16.0. The van der Waals surface area contributed by atoms with E-state index in [1.807, 2.05) is 41.5 Å². The number of rotatable bonds is 14. The van der Waals surface area contributed by atoms with E-state index in [-0.39, 0.29) is 56.6 Å². The van der Waals surface area contributed by atoms with Gasteiger partial charge < -0.3 is 65.4 Å². The zero-order valence-electron chi connectivity index (χ0n) is 55.3. The summed E-state index contributed by atoms with van der Waals surface area (Å²) in [7, 11) is 6.99. The number of ether oxygens (including phenoxy) is 1. The van der Waals surface area contributed by atoms with Gasteiger partial charge in [0.2, 0.25) is 65.0 Å². The second-order valence-electron chi connectivity index (χ2n) is 26.0. The summed E-state index contributed by atoms with van der Waals surface area (Å²) < 4.78 is 6.12. The lowest BCUT2D eigenvalue weighted by Gasteiger charge is -2.38. The highest BCUT2D eigenvalue weighted by molar-refractivity contribution is 5.99. The zero-order chi connectivity index (χ0) is 65.9. The monoisotopic (exact) mass is 1220 g/mol. The first kappa shape index (κ1) is 74.6. The van der Waals surface area contributed by atoms with Crippen molar-refractivity contribution in [2.75, 3.05) is 68.0 Å². The lowest BCUT2D eigenvalue weighted by molar-refractivity contribution is -0.152. The highest BCUT2D eigenvalue weighted by Crippen LogP contribution is 2.22. The van der Waals surface area contributed by atoms with E-state index in [9.17, 15) is 53.1 Å². The average molecular weight is 1220 g/mol. The van der Waals surface area contributed by atoms with Crippen LogP contribution in [0.3, 0.4) is 0 Å². The standard InChI is InChI=1S/C63H105N11O13/c1-19-28-74-36-52(77)69(15)47(31-38(2)3)54(78)66-46(37-87-63(11,12)13)59(83)70(16)48(32-39(4)5)55(79)65-45(60(84)73-29-24-21-25-30-73)35-51(76)64-41(8)57(81)68(14)42(9)58(82)72(18)50(34-44-26-22-20-23-27-44)61(85)71(17)49(33-40(6)7)56(80)67-53(43(10)75)62(74)86/h20,22-23,26-27,38-43,45-50,53,75H,19,21,24-25,28-37H2,1-18H3,(H,64,76)(H,65,79)(H,66,78)(H,67,80)/t41-,42+,43-,45+,46+,47+,48+,49+,50+,53+/m1/s1. The van der Waals surface area contributed by atoms with Crippen molar-refractivity contribution in [3.8, 4) is 0 Å². The fourth-order valence-electron chi connectivity index (χ4n) is 10.7. The maximum atomic E-state index is 15.1. The summed E-state index contributed by atoms with van der Waals surface area (Å²) in [5.41, 5.74) is -0.157. The fraction of sp³-hybridized carbons (Fsp3) is 0.730. The lowest BCUT2D eigenvalue weighted by atomic mass is 9.98. The predicted octanol–water partition coefficient (Wildman–Crippen LogP) is 2.33.